The largest absolute Gasteiger partial charge is 0.345 e. The van der Waals surface area contributed by atoms with E-state index in [-0.39, 0.29) is 0 Å². The number of nitrogens with two attached hydrogens (primary N) is 1. The number of nitrogens with zero attached hydrogens (tertiary/aromatic N) is 2. The lowest BCUT2D eigenvalue weighted by atomic mass is 9.99. The normalized spacial score (nSPS) is 20.3. The van der Waals surface area contributed by atoms with Crippen LogP contribution in [0.15, 0.2) is 0 Å². The minimum absolute atomic E-state index is 0.470. The second-order valence-corrected chi connectivity index (χ2v) is 6.86. The van der Waals surface area contributed by atoms with Crippen LogP contribution in [0.3, 0.4) is 0 Å². The van der Waals surface area contributed by atoms with Crippen molar-refractivity contribution in [3.05, 3.63) is 10.6 Å². The van der Waals surface area contributed by atoms with Gasteiger partial charge in [0.2, 0.25) is 0 Å². The number of hydrogen-bond donors (Lipinski definition) is 1. The second kappa shape index (κ2) is 6.71. The quantitative estimate of drug-likeness (QED) is 0.890. The van der Waals surface area contributed by atoms with Gasteiger partial charge in [0.25, 0.3) is 0 Å². The third kappa shape index (κ3) is 3.29. The van der Waals surface area contributed by atoms with Crippen LogP contribution in [0, 0.1) is 0 Å². The van der Waals surface area contributed by atoms with Crippen LogP contribution in [0.5, 0.6) is 0 Å². The van der Waals surface area contributed by atoms with E-state index in [1.165, 1.54) is 54.4 Å². The molecule has 1 unspecified atom stereocenters. The number of rotatable bonds is 5. The summed E-state index contributed by atoms with van der Waals surface area (Å²) in [7, 11) is 0. The molecule has 0 aromatic carbocycles. The number of hydrogen-bond acceptors (Lipinski definition) is 4. The molecule has 0 aliphatic carbocycles. The Morgan fingerprint density at radius 3 is 2.79 bits per heavy atom. The first-order valence-electron chi connectivity index (χ1n) is 7.63. The average molecular weight is 281 g/mol. The molecule has 2 rings (SSSR count). The SMILES string of the molecule is CCCC1CCCCN1c1nc(C(C)C)c(CN)s1. The molecule has 1 aromatic rings. The maximum Gasteiger partial charge on any atom is 0.186 e. The summed E-state index contributed by atoms with van der Waals surface area (Å²) < 4.78 is 0. The summed E-state index contributed by atoms with van der Waals surface area (Å²) >= 11 is 1.81. The van der Waals surface area contributed by atoms with Crippen molar-refractivity contribution in [2.75, 3.05) is 11.4 Å². The van der Waals surface area contributed by atoms with E-state index in [1.807, 2.05) is 11.3 Å². The highest BCUT2D eigenvalue weighted by molar-refractivity contribution is 7.15. The van der Waals surface area contributed by atoms with Crippen LogP contribution in [0.2, 0.25) is 0 Å². The lowest BCUT2D eigenvalue weighted by Crippen LogP contribution is -2.39. The monoisotopic (exact) mass is 281 g/mol. The lowest BCUT2D eigenvalue weighted by Gasteiger charge is -2.35. The first-order chi connectivity index (χ1) is 9.17. The van der Waals surface area contributed by atoms with Crippen molar-refractivity contribution in [2.24, 2.45) is 5.73 Å². The van der Waals surface area contributed by atoms with E-state index < -0.39 is 0 Å². The van der Waals surface area contributed by atoms with Gasteiger partial charge in [-0.1, -0.05) is 27.2 Å². The molecule has 1 fully saturated rings. The molecule has 19 heavy (non-hydrogen) atoms. The summed E-state index contributed by atoms with van der Waals surface area (Å²) in [6.07, 6.45) is 6.53. The third-order valence-electron chi connectivity index (χ3n) is 3.94. The van der Waals surface area contributed by atoms with Gasteiger partial charge >= 0.3 is 0 Å². The van der Waals surface area contributed by atoms with Crippen molar-refractivity contribution in [1.29, 1.82) is 0 Å². The molecule has 2 N–H and O–H groups in total. The van der Waals surface area contributed by atoms with Crippen LogP contribution >= 0.6 is 11.3 Å². The molecule has 0 bridgehead atoms. The molecule has 0 spiro atoms. The fraction of sp³-hybridized carbons (Fsp3) is 0.800. The summed E-state index contributed by atoms with van der Waals surface area (Å²) in [5.41, 5.74) is 7.09. The van der Waals surface area contributed by atoms with Crippen molar-refractivity contribution in [1.82, 2.24) is 4.98 Å². The first kappa shape index (κ1) is 14.8. The standard InChI is InChI=1S/C15H27N3S/c1-4-7-12-8-5-6-9-18(12)15-17-14(11(2)3)13(10-16)19-15/h11-12H,4-10,16H2,1-3H3. The molecule has 1 aliphatic rings. The van der Waals surface area contributed by atoms with Gasteiger partial charge in [0.1, 0.15) is 0 Å². The van der Waals surface area contributed by atoms with Crippen molar-refractivity contribution in [2.45, 2.75) is 71.4 Å². The highest BCUT2D eigenvalue weighted by Gasteiger charge is 2.25. The summed E-state index contributed by atoms with van der Waals surface area (Å²) in [6, 6.07) is 0.690. The van der Waals surface area contributed by atoms with E-state index in [4.69, 9.17) is 10.7 Å². The Bertz CT molecular complexity index is 398. The van der Waals surface area contributed by atoms with Crippen LogP contribution in [-0.2, 0) is 6.54 Å². The minimum Gasteiger partial charge on any atom is -0.345 e. The molecule has 2 heterocycles. The van der Waals surface area contributed by atoms with Crippen LogP contribution in [0.25, 0.3) is 0 Å². The average Bonchev–Trinajstić information content (AvgIpc) is 2.84. The molecule has 0 saturated carbocycles. The maximum atomic E-state index is 5.88. The Hall–Kier alpha value is -0.610. The summed E-state index contributed by atoms with van der Waals surface area (Å²) in [5, 5.41) is 1.21. The van der Waals surface area contributed by atoms with Crippen LogP contribution < -0.4 is 10.6 Å². The van der Waals surface area contributed by atoms with Gasteiger partial charge in [-0.15, -0.1) is 11.3 Å². The smallest absolute Gasteiger partial charge is 0.186 e. The molecular formula is C15H27N3S. The van der Waals surface area contributed by atoms with Gasteiger partial charge in [0.05, 0.1) is 5.69 Å². The predicted octanol–water partition coefficient (Wildman–Crippen LogP) is 3.88. The Kier molecular flexibility index (Phi) is 5.22. The number of anilines is 1. The van der Waals surface area contributed by atoms with Crippen molar-refractivity contribution >= 4 is 16.5 Å². The van der Waals surface area contributed by atoms with Crippen LogP contribution in [-0.4, -0.2) is 17.6 Å². The molecule has 1 aromatic heterocycles. The van der Waals surface area contributed by atoms with Gasteiger partial charge < -0.3 is 10.6 Å². The van der Waals surface area contributed by atoms with E-state index in [2.05, 4.69) is 25.7 Å². The van der Waals surface area contributed by atoms with Gasteiger partial charge in [-0.3, -0.25) is 0 Å². The van der Waals surface area contributed by atoms with Gasteiger partial charge in [-0.2, -0.15) is 0 Å². The van der Waals surface area contributed by atoms with Crippen molar-refractivity contribution < 1.29 is 0 Å². The van der Waals surface area contributed by atoms with Gasteiger partial charge in [0, 0.05) is 24.0 Å². The predicted molar refractivity (Wildman–Crippen MR) is 84.0 cm³/mol. The molecule has 1 atom stereocenters. The summed E-state index contributed by atoms with van der Waals surface area (Å²) in [5.74, 6) is 0.470. The van der Waals surface area contributed by atoms with E-state index in [0.29, 0.717) is 18.5 Å². The summed E-state index contributed by atoms with van der Waals surface area (Å²) in [4.78, 5) is 8.71. The van der Waals surface area contributed by atoms with Crippen molar-refractivity contribution in [3.63, 3.8) is 0 Å². The fourth-order valence-electron chi connectivity index (χ4n) is 2.96. The Balaban J connectivity index is 2.23. The Morgan fingerprint density at radius 1 is 1.42 bits per heavy atom. The fourth-order valence-corrected chi connectivity index (χ4v) is 4.15. The van der Waals surface area contributed by atoms with E-state index in [9.17, 15) is 0 Å². The molecule has 108 valence electrons. The molecule has 0 amide bonds. The molecule has 1 aliphatic heterocycles. The Morgan fingerprint density at radius 2 is 2.21 bits per heavy atom. The van der Waals surface area contributed by atoms with Crippen LogP contribution in [0.4, 0.5) is 5.13 Å². The maximum absolute atomic E-state index is 5.88. The van der Waals surface area contributed by atoms with E-state index in [0.717, 1.165) is 0 Å². The minimum atomic E-state index is 0.470. The number of thiazole rings is 1. The van der Waals surface area contributed by atoms with Crippen LogP contribution in [0.1, 0.15) is 69.4 Å². The third-order valence-corrected chi connectivity index (χ3v) is 5.07. The molecule has 3 nitrogen and oxygen atoms in total. The van der Waals surface area contributed by atoms with Gasteiger partial charge in [0.15, 0.2) is 5.13 Å². The zero-order valence-electron chi connectivity index (χ0n) is 12.5. The van der Waals surface area contributed by atoms with Crippen molar-refractivity contribution in [3.8, 4) is 0 Å². The second-order valence-electron chi connectivity index (χ2n) is 5.80. The first-order valence-corrected chi connectivity index (χ1v) is 8.45. The molecular weight excluding hydrogens is 254 g/mol. The highest BCUT2D eigenvalue weighted by atomic mass is 32.1. The molecule has 4 heteroatoms. The highest BCUT2D eigenvalue weighted by Crippen LogP contribution is 2.34. The molecule has 0 radical (unpaired) electrons. The zero-order valence-corrected chi connectivity index (χ0v) is 13.3. The lowest BCUT2D eigenvalue weighted by molar-refractivity contribution is 0.434. The number of piperidine rings is 1. The molecule has 1 saturated heterocycles. The van der Waals surface area contributed by atoms with Gasteiger partial charge in [-0.05, 0) is 31.6 Å². The Labute approximate surface area is 121 Å². The number of aromatic nitrogens is 1. The van der Waals surface area contributed by atoms with E-state index >= 15 is 0 Å². The summed E-state index contributed by atoms with van der Waals surface area (Å²) in [6.45, 7) is 8.48. The van der Waals surface area contributed by atoms with Gasteiger partial charge in [-0.25, -0.2) is 4.98 Å². The topological polar surface area (TPSA) is 42.2 Å². The zero-order chi connectivity index (χ0) is 13.8. The van der Waals surface area contributed by atoms with E-state index in [1.54, 1.807) is 0 Å².